The summed E-state index contributed by atoms with van der Waals surface area (Å²) < 4.78 is 8.05. The van der Waals surface area contributed by atoms with Gasteiger partial charge in [-0.1, -0.05) is 60.1 Å². The van der Waals surface area contributed by atoms with Gasteiger partial charge >= 0.3 is 0 Å². The van der Waals surface area contributed by atoms with Gasteiger partial charge in [0.05, 0.1) is 17.8 Å². The van der Waals surface area contributed by atoms with Crippen LogP contribution in [0.25, 0.3) is 22.0 Å². The smallest absolute Gasteiger partial charge is 0.268 e. The molecule has 0 spiro atoms. The molecule has 256 valence electrons. The maximum absolute atomic E-state index is 14.0. The number of nitrogens with zero attached hydrogens (tertiary/aromatic N) is 4. The van der Waals surface area contributed by atoms with E-state index < -0.39 is 0 Å². The molecule has 4 heterocycles. The van der Waals surface area contributed by atoms with Crippen LogP contribution in [0.4, 0.5) is 5.82 Å². The van der Waals surface area contributed by atoms with Gasteiger partial charge in [-0.3, -0.25) is 9.48 Å². The van der Waals surface area contributed by atoms with Gasteiger partial charge in [-0.05, 0) is 98.5 Å². The number of aromatic nitrogens is 4. The average molecular weight is 687 g/mol. The highest BCUT2D eigenvalue weighted by Crippen LogP contribution is 2.36. The molecule has 0 atom stereocenters. The molecule has 0 saturated carbocycles. The minimum absolute atomic E-state index is 0.150. The summed E-state index contributed by atoms with van der Waals surface area (Å²) in [6, 6.07) is 22.9. The molecule has 2 N–H and O–H groups in total. The van der Waals surface area contributed by atoms with Crippen molar-refractivity contribution in [1.29, 1.82) is 0 Å². The second kappa shape index (κ2) is 14.0. The molecule has 0 unspecified atom stereocenters. The Morgan fingerprint density at radius 3 is 2.50 bits per heavy atom. The second-order valence-corrected chi connectivity index (χ2v) is 13.7. The first-order valence-corrected chi connectivity index (χ1v) is 17.6. The quantitative estimate of drug-likeness (QED) is 0.142. The third kappa shape index (κ3) is 6.60. The number of aryl methyl sites for hydroxylation is 5. The van der Waals surface area contributed by atoms with E-state index in [4.69, 9.17) is 21.3 Å². The zero-order valence-electron chi connectivity index (χ0n) is 29.4. The van der Waals surface area contributed by atoms with Crippen molar-refractivity contribution in [2.75, 3.05) is 18.1 Å². The average Bonchev–Trinajstić information content (AvgIpc) is 3.62. The summed E-state index contributed by atoms with van der Waals surface area (Å²) in [6.45, 7) is 10.7. The van der Waals surface area contributed by atoms with Crippen LogP contribution in [0.15, 0.2) is 72.9 Å². The van der Waals surface area contributed by atoms with Gasteiger partial charge in [-0.25, -0.2) is 4.98 Å². The molecule has 0 saturated heterocycles. The van der Waals surface area contributed by atoms with Crippen molar-refractivity contribution in [1.82, 2.24) is 25.1 Å². The van der Waals surface area contributed by atoms with Gasteiger partial charge < -0.3 is 19.9 Å². The maximum Gasteiger partial charge on any atom is 0.268 e. The third-order valence-corrected chi connectivity index (χ3v) is 10.5. The van der Waals surface area contributed by atoms with Crippen molar-refractivity contribution in [3.8, 4) is 16.9 Å². The van der Waals surface area contributed by atoms with Gasteiger partial charge in [0.15, 0.2) is 0 Å². The molecule has 3 aromatic heterocycles. The maximum atomic E-state index is 14.0. The molecule has 0 bridgehead atoms. The summed E-state index contributed by atoms with van der Waals surface area (Å²) in [5.41, 5.74) is 12.3. The van der Waals surface area contributed by atoms with Gasteiger partial charge in [0, 0.05) is 60.1 Å². The first kappa shape index (κ1) is 33.4. The van der Waals surface area contributed by atoms with E-state index in [1.165, 1.54) is 11.1 Å². The molecule has 1 amide bonds. The van der Waals surface area contributed by atoms with Crippen molar-refractivity contribution in [3.05, 3.63) is 128 Å². The summed E-state index contributed by atoms with van der Waals surface area (Å²) >= 11 is 6.37. The van der Waals surface area contributed by atoms with Gasteiger partial charge in [-0.2, -0.15) is 5.10 Å². The highest BCUT2D eigenvalue weighted by molar-refractivity contribution is 6.32. The summed E-state index contributed by atoms with van der Waals surface area (Å²) in [5.74, 6) is 1.60. The Kier molecular flexibility index (Phi) is 9.38. The Hall–Kier alpha value is -5.08. The number of halogens is 1. The number of carbonyl (C=O) groups is 1. The molecule has 9 heteroatoms. The number of ether oxygens (including phenoxy) is 1. The number of fused-ring (bicyclic) bond motifs is 2. The van der Waals surface area contributed by atoms with Crippen LogP contribution < -0.4 is 15.0 Å². The Bertz CT molecular complexity index is 2180. The Morgan fingerprint density at radius 1 is 1.00 bits per heavy atom. The van der Waals surface area contributed by atoms with Crippen LogP contribution in [-0.4, -0.2) is 38.8 Å². The number of rotatable bonds is 10. The van der Waals surface area contributed by atoms with E-state index in [2.05, 4.69) is 81.8 Å². The lowest BCUT2D eigenvalue weighted by molar-refractivity contribution is 0.0945. The number of hydrogen-bond acceptors (Lipinski definition) is 5. The van der Waals surface area contributed by atoms with Crippen LogP contribution in [-0.2, 0) is 33.0 Å². The lowest BCUT2D eigenvalue weighted by Gasteiger charge is -2.29. The number of aromatic amines is 1. The van der Waals surface area contributed by atoms with Gasteiger partial charge in [0.25, 0.3) is 5.91 Å². The molecular weight excluding hydrogens is 644 g/mol. The van der Waals surface area contributed by atoms with E-state index >= 15 is 0 Å². The first-order valence-electron chi connectivity index (χ1n) is 17.3. The lowest BCUT2D eigenvalue weighted by Crippen LogP contribution is -2.31. The molecule has 1 aliphatic heterocycles. The summed E-state index contributed by atoms with van der Waals surface area (Å²) in [7, 11) is 1.96. The normalized spacial score (nSPS) is 12.7. The van der Waals surface area contributed by atoms with E-state index in [1.54, 1.807) is 0 Å². The van der Waals surface area contributed by atoms with E-state index in [-0.39, 0.29) is 5.91 Å². The number of benzene rings is 3. The van der Waals surface area contributed by atoms with Crippen LogP contribution in [0.1, 0.15) is 61.7 Å². The molecule has 6 aromatic rings. The third-order valence-electron chi connectivity index (χ3n) is 9.91. The minimum Gasteiger partial charge on any atom is -0.494 e. The number of H-pyrrole nitrogens is 1. The highest BCUT2D eigenvalue weighted by atomic mass is 35.5. The van der Waals surface area contributed by atoms with Crippen LogP contribution >= 0.6 is 11.6 Å². The summed E-state index contributed by atoms with van der Waals surface area (Å²) in [4.78, 5) is 24.6. The number of nitrogens with one attached hydrogen (secondary N) is 2. The van der Waals surface area contributed by atoms with Gasteiger partial charge in [0.1, 0.15) is 17.3 Å². The molecule has 1 aliphatic rings. The van der Waals surface area contributed by atoms with E-state index in [9.17, 15) is 4.79 Å². The number of amides is 1. The van der Waals surface area contributed by atoms with Crippen molar-refractivity contribution >= 4 is 34.2 Å². The fourth-order valence-electron chi connectivity index (χ4n) is 7.20. The van der Waals surface area contributed by atoms with Crippen LogP contribution in [0.2, 0.25) is 5.02 Å². The SMILES string of the molecule is Cc1cc(OCCCc2c(C(=O)NCc3ccc(N4CCc5ccccc5C4)nc3)[nH]c3c(-c4c(C)nn(C)c4C)cccc23)cc(C)c1Cl. The number of carbonyl (C=O) groups excluding carboxylic acids is 1. The Morgan fingerprint density at radius 2 is 1.78 bits per heavy atom. The fraction of sp³-hybridized carbons (Fsp3) is 0.293. The molecule has 8 nitrogen and oxygen atoms in total. The lowest BCUT2D eigenvalue weighted by atomic mass is 9.98. The predicted octanol–water partition coefficient (Wildman–Crippen LogP) is 8.35. The monoisotopic (exact) mass is 686 g/mol. The van der Waals surface area contributed by atoms with Crippen molar-refractivity contribution < 1.29 is 9.53 Å². The second-order valence-electron chi connectivity index (χ2n) is 13.3. The molecular formula is C41H43ClN6O2. The van der Waals surface area contributed by atoms with Crippen LogP contribution in [0.5, 0.6) is 5.75 Å². The Labute approximate surface area is 298 Å². The Balaban J connectivity index is 1.11. The van der Waals surface area contributed by atoms with Crippen LogP contribution in [0.3, 0.4) is 0 Å². The summed E-state index contributed by atoms with van der Waals surface area (Å²) in [5, 5.41) is 9.62. The number of hydrogen-bond donors (Lipinski definition) is 2. The topological polar surface area (TPSA) is 88.1 Å². The number of pyridine rings is 1. The molecule has 50 heavy (non-hydrogen) atoms. The standard InChI is InChI=1S/C41H43ClN6O2/c1-25-20-32(21-26(2)38(25)42)50-19-9-14-34-33-12-8-13-35(37-27(3)46-47(5)28(37)4)39(33)45-40(34)41(49)44-23-29-15-16-36(43-22-29)48-18-17-30-10-6-7-11-31(30)24-48/h6-8,10-13,15-16,20-22,45H,9,14,17-19,23-24H2,1-5H3,(H,44,49). The number of para-hydroxylation sites is 1. The molecule has 0 fully saturated rings. The fourth-order valence-corrected chi connectivity index (χ4v) is 7.31. The van der Waals surface area contributed by atoms with Crippen molar-refractivity contribution in [3.63, 3.8) is 0 Å². The van der Waals surface area contributed by atoms with Gasteiger partial charge in [0.2, 0.25) is 0 Å². The molecule has 0 radical (unpaired) electrons. The number of anilines is 1. The van der Waals surface area contributed by atoms with E-state index in [0.29, 0.717) is 25.3 Å². The molecule has 7 rings (SSSR count). The van der Waals surface area contributed by atoms with E-state index in [0.717, 1.165) is 98.2 Å². The zero-order valence-corrected chi connectivity index (χ0v) is 30.1. The van der Waals surface area contributed by atoms with Crippen LogP contribution in [0, 0.1) is 27.7 Å². The predicted molar refractivity (Wildman–Crippen MR) is 201 cm³/mol. The highest BCUT2D eigenvalue weighted by Gasteiger charge is 2.23. The van der Waals surface area contributed by atoms with Crippen molar-refractivity contribution in [2.24, 2.45) is 7.05 Å². The summed E-state index contributed by atoms with van der Waals surface area (Å²) in [6.07, 6.45) is 4.27. The molecule has 3 aromatic carbocycles. The minimum atomic E-state index is -0.150. The first-order chi connectivity index (χ1) is 24.2. The van der Waals surface area contributed by atoms with Crippen molar-refractivity contribution in [2.45, 2.75) is 60.0 Å². The molecule has 0 aliphatic carbocycles. The zero-order chi connectivity index (χ0) is 34.9. The largest absolute Gasteiger partial charge is 0.494 e. The van der Waals surface area contributed by atoms with E-state index in [1.807, 2.05) is 50.8 Å². The van der Waals surface area contributed by atoms with Gasteiger partial charge in [-0.15, -0.1) is 0 Å².